The van der Waals surface area contributed by atoms with E-state index in [9.17, 15) is 0 Å². The molecule has 0 N–H and O–H groups in total. The van der Waals surface area contributed by atoms with Crippen LogP contribution in [0.2, 0.25) is 0 Å². The smallest absolute Gasteiger partial charge is 0.135 e. The lowest BCUT2D eigenvalue weighted by Crippen LogP contribution is -2.05. The molecule has 2 rings (SSSR count). The number of rotatable bonds is 5. The highest BCUT2D eigenvalue weighted by Gasteiger charge is 2.08. The van der Waals surface area contributed by atoms with Crippen molar-refractivity contribution >= 4 is 11.0 Å². The molecule has 0 aliphatic heterocycles. The number of imidazole rings is 1. The zero-order chi connectivity index (χ0) is 13.0. The minimum Gasteiger partial charge on any atom is -0.382 e. The number of aryl methyl sites for hydroxylation is 1. The van der Waals surface area contributed by atoms with Crippen LogP contribution in [0.1, 0.15) is 11.4 Å². The number of hydrogen-bond acceptors (Lipinski definition) is 4. The number of hydrogen-bond donors (Lipinski definition) is 0. The summed E-state index contributed by atoms with van der Waals surface area (Å²) >= 11 is 0. The first kappa shape index (κ1) is 12.6. The van der Waals surface area contributed by atoms with E-state index in [0.29, 0.717) is 25.4 Å². The van der Waals surface area contributed by atoms with E-state index in [2.05, 4.69) is 11.1 Å². The largest absolute Gasteiger partial charge is 0.382 e. The second-order valence-corrected chi connectivity index (χ2v) is 3.95. The summed E-state index contributed by atoms with van der Waals surface area (Å²) in [5, 5.41) is 8.85. The van der Waals surface area contributed by atoms with Gasteiger partial charge in [-0.05, 0) is 18.2 Å². The molecular weight excluding hydrogens is 230 g/mol. The van der Waals surface area contributed by atoms with Gasteiger partial charge in [0.05, 0.1) is 35.9 Å². The van der Waals surface area contributed by atoms with Gasteiger partial charge in [0, 0.05) is 14.2 Å². The van der Waals surface area contributed by atoms with Crippen LogP contribution in [0.4, 0.5) is 0 Å². The van der Waals surface area contributed by atoms with E-state index in [-0.39, 0.29) is 0 Å². The van der Waals surface area contributed by atoms with Crippen LogP contribution in [0, 0.1) is 11.3 Å². The number of benzene rings is 1. The fourth-order valence-electron chi connectivity index (χ4n) is 1.75. The Bertz CT molecular complexity index is 584. The predicted molar refractivity (Wildman–Crippen MR) is 67.0 cm³/mol. The Balaban J connectivity index is 2.19. The molecule has 1 aromatic heterocycles. The van der Waals surface area contributed by atoms with Crippen molar-refractivity contribution in [3.63, 3.8) is 0 Å². The third-order valence-electron chi connectivity index (χ3n) is 2.77. The van der Waals surface area contributed by atoms with Crippen molar-refractivity contribution in [2.45, 2.75) is 6.61 Å². The van der Waals surface area contributed by atoms with Gasteiger partial charge in [0.1, 0.15) is 12.4 Å². The average Bonchev–Trinajstić information content (AvgIpc) is 2.71. The summed E-state index contributed by atoms with van der Waals surface area (Å²) in [4.78, 5) is 4.46. The van der Waals surface area contributed by atoms with Crippen LogP contribution in [0.3, 0.4) is 0 Å². The summed E-state index contributed by atoms with van der Waals surface area (Å²) in [6.07, 6.45) is 0. The van der Waals surface area contributed by atoms with E-state index >= 15 is 0 Å². The number of aromatic nitrogens is 2. The van der Waals surface area contributed by atoms with Gasteiger partial charge in [-0.2, -0.15) is 5.26 Å². The van der Waals surface area contributed by atoms with Gasteiger partial charge in [0.2, 0.25) is 0 Å². The van der Waals surface area contributed by atoms with Gasteiger partial charge < -0.3 is 14.0 Å². The monoisotopic (exact) mass is 245 g/mol. The molecule has 0 unspecified atom stereocenters. The number of methoxy groups -OCH3 is 1. The molecule has 18 heavy (non-hydrogen) atoms. The Morgan fingerprint density at radius 3 is 2.94 bits per heavy atom. The van der Waals surface area contributed by atoms with Gasteiger partial charge in [-0.25, -0.2) is 4.98 Å². The molecule has 0 atom stereocenters. The van der Waals surface area contributed by atoms with Gasteiger partial charge in [0.15, 0.2) is 0 Å². The summed E-state index contributed by atoms with van der Waals surface area (Å²) in [7, 11) is 3.58. The highest BCUT2D eigenvalue weighted by Crippen LogP contribution is 2.16. The average molecular weight is 245 g/mol. The summed E-state index contributed by atoms with van der Waals surface area (Å²) in [5.74, 6) is 0.844. The van der Waals surface area contributed by atoms with Crippen LogP contribution in [-0.2, 0) is 23.1 Å². The zero-order valence-electron chi connectivity index (χ0n) is 10.5. The molecule has 0 saturated carbocycles. The Kier molecular flexibility index (Phi) is 3.92. The molecule has 1 aromatic carbocycles. The van der Waals surface area contributed by atoms with Crippen molar-refractivity contribution in [3.8, 4) is 6.07 Å². The number of ether oxygens (including phenoxy) is 2. The molecule has 0 radical (unpaired) electrons. The van der Waals surface area contributed by atoms with Crippen molar-refractivity contribution in [1.82, 2.24) is 9.55 Å². The number of nitriles is 1. The van der Waals surface area contributed by atoms with Crippen LogP contribution >= 0.6 is 0 Å². The van der Waals surface area contributed by atoms with E-state index in [1.807, 2.05) is 17.7 Å². The van der Waals surface area contributed by atoms with E-state index in [1.54, 1.807) is 19.2 Å². The molecule has 0 fully saturated rings. The molecule has 94 valence electrons. The van der Waals surface area contributed by atoms with Crippen molar-refractivity contribution < 1.29 is 9.47 Å². The summed E-state index contributed by atoms with van der Waals surface area (Å²) in [6, 6.07) is 7.59. The molecule has 5 nitrogen and oxygen atoms in total. The maximum Gasteiger partial charge on any atom is 0.135 e. The van der Waals surface area contributed by atoms with Crippen LogP contribution in [0.15, 0.2) is 18.2 Å². The summed E-state index contributed by atoms with van der Waals surface area (Å²) < 4.78 is 12.3. The molecule has 0 spiro atoms. The predicted octanol–water partition coefficient (Wildman–Crippen LogP) is 1.61. The molecule has 5 heteroatoms. The van der Waals surface area contributed by atoms with Gasteiger partial charge in [-0.3, -0.25) is 0 Å². The van der Waals surface area contributed by atoms with Crippen molar-refractivity contribution in [2.24, 2.45) is 7.05 Å². The van der Waals surface area contributed by atoms with Gasteiger partial charge in [0.25, 0.3) is 0 Å². The molecule has 2 aromatic rings. The standard InChI is InChI=1S/C13H15N3O2/c1-16-12-4-3-10(8-14)7-11(12)15-13(16)9-18-6-5-17-2/h3-4,7H,5-6,9H2,1-2H3. The number of nitrogens with zero attached hydrogens (tertiary/aromatic N) is 3. The van der Waals surface area contributed by atoms with Crippen LogP contribution in [0.25, 0.3) is 11.0 Å². The molecule has 0 aliphatic carbocycles. The van der Waals surface area contributed by atoms with E-state index in [4.69, 9.17) is 14.7 Å². The maximum atomic E-state index is 8.85. The van der Waals surface area contributed by atoms with Crippen LogP contribution in [0.5, 0.6) is 0 Å². The third kappa shape index (κ3) is 2.50. The Labute approximate surface area is 106 Å². The second kappa shape index (κ2) is 5.63. The lowest BCUT2D eigenvalue weighted by atomic mass is 10.2. The van der Waals surface area contributed by atoms with Crippen LogP contribution in [-0.4, -0.2) is 29.9 Å². The van der Waals surface area contributed by atoms with Gasteiger partial charge >= 0.3 is 0 Å². The molecular formula is C13H15N3O2. The lowest BCUT2D eigenvalue weighted by molar-refractivity contribution is 0.0578. The first-order chi connectivity index (χ1) is 8.76. The highest BCUT2D eigenvalue weighted by atomic mass is 16.5. The van der Waals surface area contributed by atoms with Crippen molar-refractivity contribution in [2.75, 3.05) is 20.3 Å². The molecule has 0 bridgehead atoms. The zero-order valence-corrected chi connectivity index (χ0v) is 10.5. The van der Waals surface area contributed by atoms with Gasteiger partial charge in [-0.1, -0.05) is 0 Å². The SMILES string of the molecule is COCCOCc1nc2cc(C#N)ccc2n1C. The van der Waals surface area contributed by atoms with E-state index in [0.717, 1.165) is 16.9 Å². The fourth-order valence-corrected chi connectivity index (χ4v) is 1.75. The van der Waals surface area contributed by atoms with Crippen molar-refractivity contribution in [1.29, 1.82) is 5.26 Å². The molecule has 0 saturated heterocycles. The quantitative estimate of drug-likeness (QED) is 0.751. The van der Waals surface area contributed by atoms with Gasteiger partial charge in [-0.15, -0.1) is 0 Å². The summed E-state index contributed by atoms with van der Waals surface area (Å²) in [5.41, 5.74) is 2.44. The first-order valence-corrected chi connectivity index (χ1v) is 5.68. The molecule has 0 amide bonds. The second-order valence-electron chi connectivity index (χ2n) is 3.95. The van der Waals surface area contributed by atoms with Crippen LogP contribution < -0.4 is 0 Å². The minimum absolute atomic E-state index is 0.441. The topological polar surface area (TPSA) is 60.1 Å². The Morgan fingerprint density at radius 1 is 1.39 bits per heavy atom. The van der Waals surface area contributed by atoms with Crippen molar-refractivity contribution in [3.05, 3.63) is 29.6 Å². The maximum absolute atomic E-state index is 8.85. The number of fused-ring (bicyclic) bond motifs is 1. The fraction of sp³-hybridized carbons (Fsp3) is 0.385. The Hall–Kier alpha value is -1.90. The molecule has 0 aliphatic rings. The summed E-state index contributed by atoms with van der Waals surface area (Å²) in [6.45, 7) is 1.56. The third-order valence-corrected chi connectivity index (χ3v) is 2.77. The normalized spacial score (nSPS) is 10.7. The van der Waals surface area contributed by atoms with E-state index < -0.39 is 0 Å². The Morgan fingerprint density at radius 2 is 2.22 bits per heavy atom. The highest BCUT2D eigenvalue weighted by molar-refractivity contribution is 5.77. The molecule has 1 heterocycles. The lowest BCUT2D eigenvalue weighted by Gasteiger charge is -2.03. The van der Waals surface area contributed by atoms with E-state index in [1.165, 1.54) is 0 Å². The first-order valence-electron chi connectivity index (χ1n) is 5.68. The minimum atomic E-state index is 0.441.